The highest BCUT2D eigenvalue weighted by Gasteiger charge is 2.12. The number of rotatable bonds is 7. The average Bonchev–Trinajstić information content (AvgIpc) is 3.33. The van der Waals surface area contributed by atoms with E-state index in [-0.39, 0.29) is 16.8 Å². The number of hydrogen-bond donors (Lipinski definition) is 1. The number of fused-ring (bicyclic) bond motifs is 1. The predicted molar refractivity (Wildman–Crippen MR) is 110 cm³/mol. The van der Waals surface area contributed by atoms with E-state index in [1.165, 1.54) is 16.5 Å². The number of halogens is 1. The average molecular weight is 432 g/mol. The minimum Gasteiger partial charge on any atom is -0.416 e. The number of anilines is 1. The number of pyridine rings is 1. The lowest BCUT2D eigenvalue weighted by Gasteiger charge is -2.04. The third-order valence-electron chi connectivity index (χ3n) is 3.70. The van der Waals surface area contributed by atoms with Crippen LogP contribution >= 0.6 is 34.7 Å². The molecule has 0 aliphatic heterocycles. The summed E-state index contributed by atoms with van der Waals surface area (Å²) < 4.78 is 6.77. The highest BCUT2D eigenvalue weighted by molar-refractivity contribution is 7.99. The predicted octanol–water partition coefficient (Wildman–Crippen LogP) is 4.24. The van der Waals surface area contributed by atoms with Crippen molar-refractivity contribution in [2.75, 3.05) is 11.1 Å². The van der Waals surface area contributed by atoms with E-state index in [1.54, 1.807) is 29.7 Å². The zero-order chi connectivity index (χ0) is 19.3. The smallest absolute Gasteiger partial charge is 0.277 e. The van der Waals surface area contributed by atoms with Crippen molar-refractivity contribution in [1.29, 1.82) is 0 Å². The molecule has 0 aliphatic carbocycles. The third-order valence-corrected chi connectivity index (χ3v) is 5.91. The van der Waals surface area contributed by atoms with E-state index in [9.17, 15) is 4.79 Å². The van der Waals surface area contributed by atoms with Crippen LogP contribution in [0.1, 0.15) is 10.9 Å². The second kappa shape index (κ2) is 8.68. The van der Waals surface area contributed by atoms with Crippen LogP contribution in [0.2, 0.25) is 5.15 Å². The van der Waals surface area contributed by atoms with Crippen molar-refractivity contribution in [2.24, 2.45) is 0 Å². The Morgan fingerprint density at radius 2 is 2.07 bits per heavy atom. The molecule has 7 nitrogen and oxygen atoms in total. The number of thioether (sulfide) groups is 1. The number of aryl methyl sites for hydroxylation is 2. The monoisotopic (exact) mass is 431 g/mol. The van der Waals surface area contributed by atoms with Crippen molar-refractivity contribution >= 4 is 56.5 Å². The van der Waals surface area contributed by atoms with Crippen LogP contribution < -0.4 is 5.32 Å². The van der Waals surface area contributed by atoms with Gasteiger partial charge in [-0.15, -0.1) is 21.5 Å². The first-order chi connectivity index (χ1) is 13.7. The van der Waals surface area contributed by atoms with Gasteiger partial charge in [0.2, 0.25) is 11.8 Å². The molecule has 0 saturated carbocycles. The lowest BCUT2D eigenvalue weighted by Crippen LogP contribution is -2.14. The first kappa shape index (κ1) is 18.9. The van der Waals surface area contributed by atoms with Crippen molar-refractivity contribution in [3.8, 4) is 0 Å². The van der Waals surface area contributed by atoms with Gasteiger partial charge >= 0.3 is 0 Å². The molecule has 4 rings (SSSR count). The van der Waals surface area contributed by atoms with Crippen molar-refractivity contribution in [2.45, 2.75) is 18.1 Å². The Kier molecular flexibility index (Phi) is 5.84. The molecule has 3 heterocycles. The summed E-state index contributed by atoms with van der Waals surface area (Å²) in [6.45, 7) is 0. The Hall–Kier alpha value is -2.49. The van der Waals surface area contributed by atoms with E-state index >= 15 is 0 Å². The van der Waals surface area contributed by atoms with Crippen LogP contribution in [-0.2, 0) is 17.6 Å². The summed E-state index contributed by atoms with van der Waals surface area (Å²) >= 11 is 8.76. The summed E-state index contributed by atoms with van der Waals surface area (Å²) in [4.78, 5) is 20.5. The Bertz CT molecular complexity index is 1080. The van der Waals surface area contributed by atoms with Gasteiger partial charge in [-0.25, -0.2) is 9.97 Å². The molecule has 3 aromatic heterocycles. The van der Waals surface area contributed by atoms with Crippen LogP contribution in [0, 0.1) is 0 Å². The summed E-state index contributed by atoms with van der Waals surface area (Å²) in [6, 6.07) is 11.4. The van der Waals surface area contributed by atoms with Gasteiger partial charge in [-0.2, -0.15) is 0 Å². The van der Waals surface area contributed by atoms with Crippen molar-refractivity contribution in [3.05, 3.63) is 58.6 Å². The standard InChI is InChI=1S/C18H14ClN5O2S2/c19-17-12(5-3-9-20-17)21-14(25)10-27-18-24-23-15(26-18)7-8-16-22-11-4-1-2-6-13(11)28-16/h1-6,9H,7-8,10H2,(H,21,25). The van der Waals surface area contributed by atoms with Gasteiger partial charge in [-0.3, -0.25) is 4.79 Å². The maximum atomic E-state index is 12.0. The zero-order valence-electron chi connectivity index (χ0n) is 14.5. The number of nitrogens with one attached hydrogen (secondary N) is 1. The molecule has 4 aromatic rings. The van der Waals surface area contributed by atoms with Gasteiger partial charge in [0, 0.05) is 19.0 Å². The molecule has 0 fully saturated rings. The molecule has 0 atom stereocenters. The molecule has 0 spiro atoms. The molecule has 1 aromatic carbocycles. The fraction of sp³-hybridized carbons (Fsp3) is 0.167. The SMILES string of the molecule is O=C(CSc1nnc(CCc2nc3ccccc3s2)o1)Nc1cccnc1Cl. The Balaban J connectivity index is 1.28. The zero-order valence-corrected chi connectivity index (χ0v) is 16.9. The second-order valence-corrected chi connectivity index (χ2v) is 8.12. The van der Waals surface area contributed by atoms with Crippen LogP contribution in [0.5, 0.6) is 0 Å². The highest BCUT2D eigenvalue weighted by atomic mass is 35.5. The molecule has 10 heteroatoms. The number of amides is 1. The van der Waals surface area contributed by atoms with E-state index in [0.717, 1.165) is 16.9 Å². The topological polar surface area (TPSA) is 93.8 Å². The molecule has 0 bridgehead atoms. The fourth-order valence-corrected chi connectivity index (χ4v) is 4.14. The summed E-state index contributed by atoms with van der Waals surface area (Å²) in [5.41, 5.74) is 1.47. The Morgan fingerprint density at radius 1 is 1.18 bits per heavy atom. The highest BCUT2D eigenvalue weighted by Crippen LogP contribution is 2.23. The number of carbonyl (C=O) groups is 1. The van der Waals surface area contributed by atoms with Crippen molar-refractivity contribution < 1.29 is 9.21 Å². The maximum Gasteiger partial charge on any atom is 0.277 e. The van der Waals surface area contributed by atoms with Crippen molar-refractivity contribution in [3.63, 3.8) is 0 Å². The van der Waals surface area contributed by atoms with E-state index in [1.807, 2.05) is 18.2 Å². The molecular formula is C18H14ClN5O2S2. The van der Waals surface area contributed by atoms with E-state index in [2.05, 4.69) is 31.5 Å². The minimum absolute atomic E-state index is 0.130. The normalized spacial score (nSPS) is 11.0. The molecule has 0 radical (unpaired) electrons. The van der Waals surface area contributed by atoms with Crippen LogP contribution in [0.25, 0.3) is 10.2 Å². The summed E-state index contributed by atoms with van der Waals surface area (Å²) in [5.74, 6) is 0.427. The number of carbonyl (C=O) groups excluding carboxylic acids is 1. The van der Waals surface area contributed by atoms with Gasteiger partial charge in [0.1, 0.15) is 0 Å². The van der Waals surface area contributed by atoms with Gasteiger partial charge in [-0.05, 0) is 24.3 Å². The van der Waals surface area contributed by atoms with Gasteiger partial charge in [0.05, 0.1) is 26.7 Å². The maximum absolute atomic E-state index is 12.0. The number of aromatic nitrogens is 4. The number of hydrogen-bond acceptors (Lipinski definition) is 8. The van der Waals surface area contributed by atoms with E-state index in [4.69, 9.17) is 16.0 Å². The largest absolute Gasteiger partial charge is 0.416 e. The third kappa shape index (κ3) is 4.67. The quantitative estimate of drug-likeness (QED) is 0.345. The number of benzene rings is 1. The van der Waals surface area contributed by atoms with Crippen LogP contribution in [0.4, 0.5) is 5.69 Å². The van der Waals surface area contributed by atoms with E-state index < -0.39 is 0 Å². The summed E-state index contributed by atoms with van der Waals surface area (Å²) in [5, 5.41) is 12.3. The first-order valence-electron chi connectivity index (χ1n) is 8.37. The molecular weight excluding hydrogens is 418 g/mol. The van der Waals surface area contributed by atoms with Gasteiger partial charge in [0.25, 0.3) is 5.22 Å². The molecule has 1 amide bonds. The molecule has 0 saturated heterocycles. The first-order valence-corrected chi connectivity index (χ1v) is 10.6. The van der Waals surface area contributed by atoms with Gasteiger partial charge in [-0.1, -0.05) is 35.5 Å². The molecule has 0 unspecified atom stereocenters. The molecule has 142 valence electrons. The molecule has 1 N–H and O–H groups in total. The van der Waals surface area contributed by atoms with Crippen LogP contribution in [-0.4, -0.2) is 31.8 Å². The number of thiazole rings is 1. The molecule has 28 heavy (non-hydrogen) atoms. The van der Waals surface area contributed by atoms with Gasteiger partial charge < -0.3 is 9.73 Å². The summed E-state index contributed by atoms with van der Waals surface area (Å²) in [7, 11) is 0. The Morgan fingerprint density at radius 3 is 2.93 bits per heavy atom. The summed E-state index contributed by atoms with van der Waals surface area (Å²) in [6.07, 6.45) is 2.89. The van der Waals surface area contributed by atoms with Crippen LogP contribution in [0.15, 0.2) is 52.2 Å². The van der Waals surface area contributed by atoms with Crippen LogP contribution in [0.3, 0.4) is 0 Å². The Labute approximate surface area is 173 Å². The second-order valence-electron chi connectivity index (χ2n) is 5.72. The lowest BCUT2D eigenvalue weighted by molar-refractivity contribution is -0.113. The minimum atomic E-state index is -0.228. The number of para-hydroxylation sites is 1. The molecule has 0 aliphatic rings. The number of nitrogens with zero attached hydrogens (tertiary/aromatic N) is 4. The van der Waals surface area contributed by atoms with E-state index in [0.29, 0.717) is 23.2 Å². The van der Waals surface area contributed by atoms with Gasteiger partial charge in [0.15, 0.2) is 5.15 Å². The fourth-order valence-electron chi connectivity index (χ4n) is 2.43. The van der Waals surface area contributed by atoms with Crippen molar-refractivity contribution in [1.82, 2.24) is 20.2 Å². The lowest BCUT2D eigenvalue weighted by atomic mass is 10.3.